The molecule has 1 aliphatic heterocycles. The summed E-state index contributed by atoms with van der Waals surface area (Å²) in [5.74, 6) is -2.41. The first-order valence-corrected chi connectivity index (χ1v) is 21.8. The number of rotatable bonds is 13. The molecule has 5 aromatic rings. The van der Waals surface area contributed by atoms with Crippen LogP contribution in [0.3, 0.4) is 0 Å². The van der Waals surface area contributed by atoms with Crippen molar-refractivity contribution in [3.05, 3.63) is 171 Å². The third kappa shape index (κ3) is 7.74. The maximum Gasteiger partial charge on any atom is 0.374 e. The van der Waals surface area contributed by atoms with Gasteiger partial charge in [0.25, 0.3) is 5.69 Å². The molecule has 0 spiro atoms. The van der Waals surface area contributed by atoms with Crippen LogP contribution in [-0.4, -0.2) is 40.9 Å². The Kier molecular flexibility index (Phi) is 11.2. The highest BCUT2D eigenvalue weighted by molar-refractivity contribution is 8.01. The number of benzene rings is 4. The summed E-state index contributed by atoms with van der Waals surface area (Å²) in [6.45, 7) is 12.0. The molecule has 4 aromatic carbocycles. The van der Waals surface area contributed by atoms with Crippen LogP contribution in [0.2, 0.25) is 18.1 Å². The summed E-state index contributed by atoms with van der Waals surface area (Å²) in [6, 6.07) is 39.3. The van der Waals surface area contributed by atoms with Crippen LogP contribution in [0.5, 0.6) is 0 Å². The summed E-state index contributed by atoms with van der Waals surface area (Å²) in [5, 5.41) is 10.3. The molecule has 0 saturated carbocycles. The number of β-lactam (4-membered cyclic amide) rings is 1. The molecule has 1 fully saturated rings. The lowest BCUT2D eigenvalue weighted by atomic mass is 9.84. The van der Waals surface area contributed by atoms with Gasteiger partial charge in [0, 0.05) is 19.1 Å². The standard InChI is InChI=1S/C43H44N2O8SSi/c1-29(46)52-38(35-26-27-36(53-35)41(48)51-28-30-22-24-34(25-23-30)45(49)50)37-39(47)44(55(5,6)42(2,3)4)40(37)54-43(31-16-10-7-11-17-31,32-18-12-8-13-19-32)33-20-14-9-15-21-33/h7-27,37-38,40H,28H2,1-6H3. The number of carbonyl (C=O) groups excluding carboxylic acids is 3. The molecule has 6 rings (SSSR count). The second-order valence-electron chi connectivity index (χ2n) is 15.1. The van der Waals surface area contributed by atoms with Crippen molar-refractivity contribution in [1.29, 1.82) is 0 Å². The summed E-state index contributed by atoms with van der Waals surface area (Å²) in [5.41, 5.74) is 3.53. The molecule has 1 aromatic heterocycles. The molecule has 10 nitrogen and oxygen atoms in total. The molecule has 1 saturated heterocycles. The molecule has 0 aliphatic carbocycles. The van der Waals surface area contributed by atoms with Gasteiger partial charge in [0.2, 0.25) is 11.7 Å². The van der Waals surface area contributed by atoms with E-state index in [-0.39, 0.29) is 34.8 Å². The number of amides is 1. The van der Waals surface area contributed by atoms with Crippen LogP contribution >= 0.6 is 11.8 Å². The van der Waals surface area contributed by atoms with Crippen LogP contribution in [0.4, 0.5) is 5.69 Å². The lowest BCUT2D eigenvalue weighted by molar-refractivity contribution is -0.384. The first-order chi connectivity index (χ1) is 26.1. The number of esters is 2. The SMILES string of the molecule is CC(=O)OC(c1ccc(C(=O)OCc2ccc([N+](=O)[O-])cc2)o1)C1C(=O)N([Si](C)(C)C(C)(C)C)C1SC(c1ccccc1)(c1ccccc1)c1ccccc1. The Morgan fingerprint density at radius 3 is 1.80 bits per heavy atom. The Labute approximate surface area is 326 Å². The van der Waals surface area contributed by atoms with E-state index in [1.807, 2.05) is 59.2 Å². The fraction of sp³-hybridized carbons (Fsp3) is 0.279. The molecule has 55 heavy (non-hydrogen) atoms. The number of non-ortho nitro benzene ring substituents is 1. The van der Waals surface area contributed by atoms with E-state index < -0.39 is 47.2 Å². The van der Waals surface area contributed by atoms with E-state index in [1.165, 1.54) is 37.3 Å². The minimum atomic E-state index is -2.56. The summed E-state index contributed by atoms with van der Waals surface area (Å²) in [4.78, 5) is 51.3. The Balaban J connectivity index is 1.42. The highest BCUT2D eigenvalue weighted by atomic mass is 32.2. The quantitative estimate of drug-likeness (QED) is 0.0287. The van der Waals surface area contributed by atoms with Gasteiger partial charge in [-0.15, -0.1) is 11.8 Å². The number of nitro benzene ring substituents is 1. The number of furan rings is 1. The summed E-state index contributed by atoms with van der Waals surface area (Å²) >= 11 is 1.65. The lowest BCUT2D eigenvalue weighted by Crippen LogP contribution is -2.73. The van der Waals surface area contributed by atoms with Crippen LogP contribution in [0.15, 0.2) is 132 Å². The van der Waals surface area contributed by atoms with Crippen molar-refractivity contribution >= 4 is 43.5 Å². The number of hydrogen-bond acceptors (Lipinski definition) is 9. The van der Waals surface area contributed by atoms with E-state index in [0.29, 0.717) is 5.56 Å². The largest absolute Gasteiger partial charge is 0.455 e. The van der Waals surface area contributed by atoms with Gasteiger partial charge in [-0.05, 0) is 51.6 Å². The van der Waals surface area contributed by atoms with Gasteiger partial charge in [-0.1, -0.05) is 125 Å². The topological polar surface area (TPSA) is 129 Å². The van der Waals surface area contributed by atoms with Gasteiger partial charge in [0.05, 0.1) is 15.0 Å². The number of nitro groups is 1. The molecule has 3 atom stereocenters. The van der Waals surface area contributed by atoms with Crippen molar-refractivity contribution in [3.8, 4) is 0 Å². The van der Waals surface area contributed by atoms with Crippen molar-refractivity contribution in [1.82, 2.24) is 4.57 Å². The Bertz CT molecular complexity index is 2060. The van der Waals surface area contributed by atoms with Crippen molar-refractivity contribution in [2.24, 2.45) is 5.92 Å². The predicted molar refractivity (Wildman–Crippen MR) is 214 cm³/mol. The average molecular weight is 777 g/mol. The number of thioether (sulfide) groups is 1. The van der Waals surface area contributed by atoms with Crippen LogP contribution < -0.4 is 0 Å². The Morgan fingerprint density at radius 2 is 1.35 bits per heavy atom. The van der Waals surface area contributed by atoms with Gasteiger partial charge in [-0.25, -0.2) is 4.79 Å². The van der Waals surface area contributed by atoms with Crippen LogP contribution in [0, 0.1) is 16.0 Å². The van der Waals surface area contributed by atoms with E-state index in [1.54, 1.807) is 17.8 Å². The molecule has 2 heterocycles. The molecule has 0 N–H and O–H groups in total. The molecule has 12 heteroatoms. The van der Waals surface area contributed by atoms with Gasteiger partial charge in [0.1, 0.15) is 18.3 Å². The van der Waals surface area contributed by atoms with Crippen molar-refractivity contribution in [3.63, 3.8) is 0 Å². The second kappa shape index (κ2) is 15.7. The maximum atomic E-state index is 14.8. The van der Waals surface area contributed by atoms with E-state index in [9.17, 15) is 24.5 Å². The van der Waals surface area contributed by atoms with Crippen LogP contribution in [0.25, 0.3) is 0 Å². The number of nitrogens with zero attached hydrogens (tertiary/aromatic N) is 2. The highest BCUT2D eigenvalue weighted by Crippen LogP contribution is 2.59. The van der Waals surface area contributed by atoms with Gasteiger partial charge < -0.3 is 18.5 Å². The lowest BCUT2D eigenvalue weighted by Gasteiger charge is -2.60. The van der Waals surface area contributed by atoms with Crippen LogP contribution in [-0.2, 0) is 30.4 Å². The summed E-state index contributed by atoms with van der Waals surface area (Å²) in [7, 11) is -2.56. The molecule has 0 bridgehead atoms. The van der Waals surface area contributed by atoms with Crippen LogP contribution in [0.1, 0.15) is 72.4 Å². The van der Waals surface area contributed by atoms with Gasteiger partial charge in [-0.3, -0.25) is 19.7 Å². The van der Waals surface area contributed by atoms with Gasteiger partial charge in [0.15, 0.2) is 14.3 Å². The molecule has 3 unspecified atom stereocenters. The maximum absolute atomic E-state index is 14.8. The summed E-state index contributed by atoms with van der Waals surface area (Å²) in [6.07, 6.45) is -1.15. The third-order valence-corrected chi connectivity index (χ3v) is 18.0. The molecule has 1 aliphatic rings. The van der Waals surface area contributed by atoms with Crippen molar-refractivity contribution in [2.75, 3.05) is 0 Å². The number of ether oxygens (including phenoxy) is 2. The van der Waals surface area contributed by atoms with Gasteiger partial charge in [-0.2, -0.15) is 0 Å². The minimum Gasteiger partial charge on any atom is -0.455 e. The fourth-order valence-electron chi connectivity index (χ4n) is 6.79. The number of carbonyl (C=O) groups is 3. The number of hydrogen-bond donors (Lipinski definition) is 0. The Hall–Kier alpha value is -5.46. The minimum absolute atomic E-state index is 0.0788. The van der Waals surface area contributed by atoms with E-state index in [4.69, 9.17) is 13.9 Å². The van der Waals surface area contributed by atoms with Crippen molar-refractivity contribution in [2.45, 2.75) is 68.7 Å². The zero-order valence-corrected chi connectivity index (χ0v) is 33.4. The van der Waals surface area contributed by atoms with Gasteiger partial charge >= 0.3 is 11.9 Å². The van der Waals surface area contributed by atoms with E-state index in [2.05, 4.69) is 70.3 Å². The van der Waals surface area contributed by atoms with Crippen molar-refractivity contribution < 1.29 is 33.2 Å². The third-order valence-electron chi connectivity index (χ3n) is 10.6. The highest BCUT2D eigenvalue weighted by Gasteiger charge is 2.63. The second-order valence-corrected chi connectivity index (χ2v) is 21.5. The summed E-state index contributed by atoms with van der Waals surface area (Å²) < 4.78 is 18.8. The smallest absolute Gasteiger partial charge is 0.374 e. The fourth-order valence-corrected chi connectivity index (χ4v) is 11.7. The van der Waals surface area contributed by atoms with E-state index in [0.717, 1.165) is 16.7 Å². The zero-order valence-electron chi connectivity index (χ0n) is 31.6. The first-order valence-electron chi connectivity index (χ1n) is 18.0. The average Bonchev–Trinajstić information content (AvgIpc) is 3.66. The Morgan fingerprint density at radius 1 is 0.836 bits per heavy atom. The molecular formula is C43H44N2O8SSi. The molecule has 1 amide bonds. The molecule has 284 valence electrons. The predicted octanol–water partition coefficient (Wildman–Crippen LogP) is 9.66. The molecular weight excluding hydrogens is 733 g/mol. The first kappa shape index (κ1) is 39.2. The monoisotopic (exact) mass is 776 g/mol. The normalized spacial score (nSPS) is 16.5. The zero-order chi connectivity index (χ0) is 39.5. The van der Waals surface area contributed by atoms with E-state index >= 15 is 0 Å². The molecule has 0 radical (unpaired) electrons.